The number of nitrogens with zero attached hydrogens (tertiary/aromatic N) is 1. The Hall–Kier alpha value is -1.26. The van der Waals surface area contributed by atoms with Gasteiger partial charge in [-0.15, -0.1) is 0 Å². The Labute approximate surface area is 114 Å². The van der Waals surface area contributed by atoms with Gasteiger partial charge in [0, 0.05) is 19.1 Å². The average molecular weight is 262 g/mol. The van der Waals surface area contributed by atoms with Gasteiger partial charge in [-0.1, -0.05) is 13.0 Å². The van der Waals surface area contributed by atoms with Crippen molar-refractivity contribution in [3.8, 4) is 11.5 Å². The minimum Gasteiger partial charge on any atom is -0.454 e. The fraction of sp³-hybridized carbons (Fsp3) is 0.600. The van der Waals surface area contributed by atoms with E-state index in [1.54, 1.807) is 0 Å². The highest BCUT2D eigenvalue weighted by atomic mass is 16.7. The molecule has 1 N–H and O–H groups in total. The van der Waals surface area contributed by atoms with Crippen molar-refractivity contribution in [3.05, 3.63) is 23.8 Å². The number of benzene rings is 1. The lowest BCUT2D eigenvalue weighted by Gasteiger charge is -2.23. The van der Waals surface area contributed by atoms with Gasteiger partial charge in [-0.25, -0.2) is 0 Å². The third-order valence-corrected chi connectivity index (χ3v) is 4.05. The molecule has 0 amide bonds. The number of hydrogen-bond donors (Lipinski definition) is 1. The number of likely N-dealkylation sites (tertiary alicyclic amines) is 1. The van der Waals surface area contributed by atoms with E-state index in [4.69, 9.17) is 9.47 Å². The van der Waals surface area contributed by atoms with E-state index < -0.39 is 0 Å². The molecule has 1 saturated heterocycles. The predicted octanol–water partition coefficient (Wildman–Crippen LogP) is 1.99. The van der Waals surface area contributed by atoms with Crippen LogP contribution < -0.4 is 14.8 Å². The van der Waals surface area contributed by atoms with E-state index in [0.717, 1.165) is 31.1 Å². The van der Waals surface area contributed by atoms with Crippen molar-refractivity contribution in [1.82, 2.24) is 10.2 Å². The van der Waals surface area contributed by atoms with E-state index in [-0.39, 0.29) is 0 Å². The summed E-state index contributed by atoms with van der Waals surface area (Å²) in [4.78, 5) is 2.56. The van der Waals surface area contributed by atoms with Gasteiger partial charge < -0.3 is 14.8 Å². The van der Waals surface area contributed by atoms with Gasteiger partial charge in [0.1, 0.15) is 0 Å². The van der Waals surface area contributed by atoms with Crippen LogP contribution in [0.3, 0.4) is 0 Å². The predicted molar refractivity (Wildman–Crippen MR) is 74.5 cm³/mol. The highest BCUT2D eigenvalue weighted by Gasteiger charge is 2.22. The molecular formula is C15H22N2O2. The molecule has 3 rings (SSSR count). The lowest BCUT2D eigenvalue weighted by Crippen LogP contribution is -2.37. The molecule has 0 spiro atoms. The summed E-state index contributed by atoms with van der Waals surface area (Å²) >= 11 is 0. The molecule has 4 heteroatoms. The molecule has 1 unspecified atom stereocenters. The maximum Gasteiger partial charge on any atom is 0.231 e. The molecule has 0 aliphatic carbocycles. The third-order valence-electron chi connectivity index (χ3n) is 4.05. The van der Waals surface area contributed by atoms with E-state index in [1.807, 2.05) is 6.07 Å². The molecular weight excluding hydrogens is 240 g/mol. The van der Waals surface area contributed by atoms with Crippen molar-refractivity contribution in [1.29, 1.82) is 0 Å². The van der Waals surface area contributed by atoms with Crippen molar-refractivity contribution >= 4 is 0 Å². The summed E-state index contributed by atoms with van der Waals surface area (Å²) in [5.41, 5.74) is 1.25. The van der Waals surface area contributed by atoms with Crippen LogP contribution in [0.2, 0.25) is 0 Å². The Kier molecular flexibility index (Phi) is 3.89. The van der Waals surface area contributed by atoms with Crippen LogP contribution in [0, 0.1) is 0 Å². The zero-order valence-corrected chi connectivity index (χ0v) is 11.5. The fourth-order valence-corrected chi connectivity index (χ4v) is 2.98. The normalized spacial score (nSPS) is 22.1. The fourth-order valence-electron chi connectivity index (χ4n) is 2.98. The van der Waals surface area contributed by atoms with Gasteiger partial charge in [0.05, 0.1) is 0 Å². The highest BCUT2D eigenvalue weighted by Crippen LogP contribution is 2.32. The van der Waals surface area contributed by atoms with Crippen LogP contribution in [0.1, 0.15) is 25.3 Å². The van der Waals surface area contributed by atoms with Crippen molar-refractivity contribution in [2.45, 2.75) is 32.4 Å². The second-order valence-electron chi connectivity index (χ2n) is 5.24. The summed E-state index contributed by atoms with van der Waals surface area (Å²) in [5, 5.41) is 3.56. The second-order valence-corrected chi connectivity index (χ2v) is 5.24. The van der Waals surface area contributed by atoms with Gasteiger partial charge in [-0.05, 0) is 43.6 Å². The number of hydrogen-bond acceptors (Lipinski definition) is 4. The van der Waals surface area contributed by atoms with Crippen LogP contribution in [-0.2, 0) is 6.54 Å². The first kappa shape index (κ1) is 12.8. The van der Waals surface area contributed by atoms with Crippen molar-refractivity contribution < 1.29 is 9.47 Å². The molecule has 1 aromatic rings. The molecule has 2 heterocycles. The van der Waals surface area contributed by atoms with E-state index in [2.05, 4.69) is 29.3 Å². The van der Waals surface area contributed by atoms with Crippen LogP contribution in [-0.4, -0.2) is 37.4 Å². The largest absolute Gasteiger partial charge is 0.454 e. The molecule has 19 heavy (non-hydrogen) atoms. The maximum atomic E-state index is 5.40. The average Bonchev–Trinajstić information content (AvgIpc) is 3.06. The van der Waals surface area contributed by atoms with Crippen LogP contribution in [0.5, 0.6) is 11.5 Å². The van der Waals surface area contributed by atoms with E-state index in [0.29, 0.717) is 12.8 Å². The molecule has 0 bridgehead atoms. The Bertz CT molecular complexity index is 436. The molecule has 1 atom stereocenters. The van der Waals surface area contributed by atoms with Gasteiger partial charge in [-0.2, -0.15) is 0 Å². The van der Waals surface area contributed by atoms with Gasteiger partial charge in [0.25, 0.3) is 0 Å². The van der Waals surface area contributed by atoms with Crippen molar-refractivity contribution in [3.63, 3.8) is 0 Å². The van der Waals surface area contributed by atoms with Crippen LogP contribution >= 0.6 is 0 Å². The molecule has 0 saturated carbocycles. The van der Waals surface area contributed by atoms with Gasteiger partial charge in [0.2, 0.25) is 6.79 Å². The molecule has 1 aromatic carbocycles. The summed E-state index contributed by atoms with van der Waals surface area (Å²) in [6.07, 6.45) is 2.66. The number of nitrogens with one attached hydrogen (secondary N) is 1. The lowest BCUT2D eigenvalue weighted by molar-refractivity contribution is 0.174. The van der Waals surface area contributed by atoms with Crippen molar-refractivity contribution in [2.75, 3.05) is 26.4 Å². The van der Waals surface area contributed by atoms with E-state index in [9.17, 15) is 0 Å². The molecule has 2 aliphatic heterocycles. The topological polar surface area (TPSA) is 33.7 Å². The Morgan fingerprint density at radius 1 is 1.32 bits per heavy atom. The molecule has 4 nitrogen and oxygen atoms in total. The molecule has 2 aliphatic rings. The van der Waals surface area contributed by atoms with E-state index >= 15 is 0 Å². The second kappa shape index (κ2) is 5.80. The summed E-state index contributed by atoms with van der Waals surface area (Å²) in [7, 11) is 0. The lowest BCUT2D eigenvalue weighted by atomic mass is 10.2. The minimum atomic E-state index is 0.347. The Morgan fingerprint density at radius 3 is 3.11 bits per heavy atom. The first-order valence-electron chi connectivity index (χ1n) is 7.20. The first-order chi connectivity index (χ1) is 9.36. The summed E-state index contributed by atoms with van der Waals surface area (Å²) in [6.45, 7) is 6.98. The Balaban J connectivity index is 1.50. The van der Waals surface area contributed by atoms with Gasteiger partial charge >= 0.3 is 0 Å². The number of ether oxygens (including phenoxy) is 2. The maximum absolute atomic E-state index is 5.40. The first-order valence-corrected chi connectivity index (χ1v) is 7.20. The quantitative estimate of drug-likeness (QED) is 0.880. The summed E-state index contributed by atoms with van der Waals surface area (Å²) in [6, 6.07) is 6.88. The van der Waals surface area contributed by atoms with E-state index in [1.165, 1.54) is 24.9 Å². The number of rotatable bonds is 5. The molecule has 0 radical (unpaired) electrons. The SMILES string of the molecule is CCN1CCCC1CNCc1ccc2c(c1)OCO2. The standard InChI is InChI=1S/C15H22N2O2/c1-2-17-7-3-4-13(17)10-16-9-12-5-6-14-15(8-12)19-11-18-14/h5-6,8,13,16H,2-4,7,9-11H2,1H3. The molecule has 0 aromatic heterocycles. The van der Waals surface area contributed by atoms with Gasteiger partial charge in [-0.3, -0.25) is 4.90 Å². The zero-order valence-electron chi connectivity index (χ0n) is 11.5. The summed E-state index contributed by atoms with van der Waals surface area (Å²) in [5.74, 6) is 1.73. The molecule has 104 valence electrons. The smallest absolute Gasteiger partial charge is 0.231 e. The number of likely N-dealkylation sites (N-methyl/N-ethyl adjacent to an activating group) is 1. The van der Waals surface area contributed by atoms with Crippen LogP contribution in [0.25, 0.3) is 0 Å². The monoisotopic (exact) mass is 262 g/mol. The molecule has 1 fully saturated rings. The van der Waals surface area contributed by atoms with Crippen molar-refractivity contribution in [2.24, 2.45) is 0 Å². The third kappa shape index (κ3) is 2.85. The van der Waals surface area contributed by atoms with Crippen LogP contribution in [0.15, 0.2) is 18.2 Å². The summed E-state index contributed by atoms with van der Waals surface area (Å²) < 4.78 is 10.7. The minimum absolute atomic E-state index is 0.347. The number of fused-ring (bicyclic) bond motifs is 1. The van der Waals surface area contributed by atoms with Crippen LogP contribution in [0.4, 0.5) is 0 Å². The zero-order chi connectivity index (χ0) is 13.1. The highest BCUT2D eigenvalue weighted by molar-refractivity contribution is 5.44. The van der Waals surface area contributed by atoms with Gasteiger partial charge in [0.15, 0.2) is 11.5 Å². The Morgan fingerprint density at radius 2 is 2.21 bits per heavy atom.